The molecule has 4 nitrogen and oxygen atoms in total. The van der Waals surface area contributed by atoms with Crippen molar-refractivity contribution in [1.29, 1.82) is 0 Å². The SMILES string of the molecule is COc1ccccc1CC(C)CC(=O)NC1CCN(C(C)C)CC1. The Balaban J connectivity index is 1.76. The molecule has 1 fully saturated rings. The first-order valence-corrected chi connectivity index (χ1v) is 9.15. The molecular formula is C20H32N2O2. The highest BCUT2D eigenvalue weighted by Gasteiger charge is 2.22. The standard InChI is InChI=1S/C20H32N2O2/c1-15(2)22-11-9-18(10-12-22)21-20(23)14-16(3)13-17-7-5-6-8-19(17)24-4/h5-8,15-16,18H,9-14H2,1-4H3,(H,21,23). The van der Waals surface area contributed by atoms with Gasteiger partial charge in [-0.05, 0) is 50.7 Å². The minimum atomic E-state index is 0.181. The van der Waals surface area contributed by atoms with E-state index in [0.29, 0.717) is 24.4 Å². The van der Waals surface area contributed by atoms with Crippen LogP contribution in [0.4, 0.5) is 0 Å². The fourth-order valence-corrected chi connectivity index (χ4v) is 3.48. The van der Waals surface area contributed by atoms with Crippen LogP contribution in [0.3, 0.4) is 0 Å². The smallest absolute Gasteiger partial charge is 0.220 e. The Kier molecular flexibility index (Phi) is 7.10. The van der Waals surface area contributed by atoms with Crippen molar-refractivity contribution >= 4 is 5.91 Å². The lowest BCUT2D eigenvalue weighted by atomic mass is 9.96. The molecule has 0 spiro atoms. The summed E-state index contributed by atoms with van der Waals surface area (Å²) >= 11 is 0. The van der Waals surface area contributed by atoms with Crippen LogP contribution in [0.25, 0.3) is 0 Å². The molecule has 2 rings (SSSR count). The maximum atomic E-state index is 12.3. The molecule has 0 aliphatic carbocycles. The number of nitrogens with one attached hydrogen (secondary N) is 1. The monoisotopic (exact) mass is 332 g/mol. The van der Waals surface area contributed by atoms with E-state index in [1.165, 1.54) is 5.56 Å². The summed E-state index contributed by atoms with van der Waals surface area (Å²) in [5.41, 5.74) is 1.17. The third kappa shape index (κ3) is 5.52. The average molecular weight is 332 g/mol. The van der Waals surface area contributed by atoms with Gasteiger partial charge in [-0.1, -0.05) is 25.1 Å². The van der Waals surface area contributed by atoms with Crippen molar-refractivity contribution in [1.82, 2.24) is 10.2 Å². The van der Waals surface area contributed by atoms with Crippen molar-refractivity contribution in [2.75, 3.05) is 20.2 Å². The van der Waals surface area contributed by atoms with Gasteiger partial charge in [-0.15, -0.1) is 0 Å². The van der Waals surface area contributed by atoms with E-state index in [1.54, 1.807) is 7.11 Å². The predicted molar refractivity (Wildman–Crippen MR) is 98.4 cm³/mol. The molecule has 4 heteroatoms. The topological polar surface area (TPSA) is 41.6 Å². The number of benzene rings is 1. The number of nitrogens with zero attached hydrogens (tertiary/aromatic N) is 1. The number of ether oxygens (including phenoxy) is 1. The normalized spacial score (nSPS) is 17.7. The largest absolute Gasteiger partial charge is 0.496 e. The highest BCUT2D eigenvalue weighted by molar-refractivity contribution is 5.76. The van der Waals surface area contributed by atoms with Crippen LogP contribution in [0.15, 0.2) is 24.3 Å². The Labute approximate surface area is 146 Å². The fourth-order valence-electron chi connectivity index (χ4n) is 3.48. The maximum absolute atomic E-state index is 12.3. The van der Waals surface area contributed by atoms with Crippen LogP contribution in [0, 0.1) is 5.92 Å². The number of likely N-dealkylation sites (tertiary alicyclic amines) is 1. The summed E-state index contributed by atoms with van der Waals surface area (Å²) in [5, 5.41) is 3.23. The molecule has 1 aromatic carbocycles. The average Bonchev–Trinajstić information content (AvgIpc) is 2.55. The molecule has 1 atom stereocenters. The Morgan fingerprint density at radius 2 is 1.92 bits per heavy atom. The zero-order chi connectivity index (χ0) is 17.5. The number of piperidine rings is 1. The zero-order valence-electron chi connectivity index (χ0n) is 15.5. The molecule has 24 heavy (non-hydrogen) atoms. The lowest BCUT2D eigenvalue weighted by molar-refractivity contribution is -0.122. The van der Waals surface area contributed by atoms with Crippen LogP contribution in [0.2, 0.25) is 0 Å². The fraction of sp³-hybridized carbons (Fsp3) is 0.650. The van der Waals surface area contributed by atoms with Gasteiger partial charge in [0.2, 0.25) is 5.91 Å². The van der Waals surface area contributed by atoms with Gasteiger partial charge >= 0.3 is 0 Å². The minimum Gasteiger partial charge on any atom is -0.496 e. The Morgan fingerprint density at radius 1 is 1.25 bits per heavy atom. The molecule has 0 saturated carbocycles. The first-order chi connectivity index (χ1) is 11.5. The van der Waals surface area contributed by atoms with Crippen molar-refractivity contribution in [2.24, 2.45) is 5.92 Å². The highest BCUT2D eigenvalue weighted by atomic mass is 16.5. The lowest BCUT2D eigenvalue weighted by Crippen LogP contribution is -2.46. The zero-order valence-corrected chi connectivity index (χ0v) is 15.5. The third-order valence-corrected chi connectivity index (χ3v) is 4.92. The maximum Gasteiger partial charge on any atom is 0.220 e. The van der Waals surface area contributed by atoms with Gasteiger partial charge in [0.05, 0.1) is 7.11 Å². The summed E-state index contributed by atoms with van der Waals surface area (Å²) < 4.78 is 5.40. The van der Waals surface area contributed by atoms with E-state index in [9.17, 15) is 4.79 Å². The van der Waals surface area contributed by atoms with Crippen LogP contribution in [-0.2, 0) is 11.2 Å². The van der Waals surface area contributed by atoms with Crippen molar-refractivity contribution in [3.8, 4) is 5.75 Å². The second-order valence-corrected chi connectivity index (χ2v) is 7.30. The van der Waals surface area contributed by atoms with E-state index < -0.39 is 0 Å². The van der Waals surface area contributed by atoms with E-state index in [-0.39, 0.29) is 5.91 Å². The van der Waals surface area contributed by atoms with Gasteiger partial charge in [-0.2, -0.15) is 0 Å². The number of rotatable bonds is 7. The van der Waals surface area contributed by atoms with Crippen LogP contribution in [-0.4, -0.2) is 43.1 Å². The lowest BCUT2D eigenvalue weighted by Gasteiger charge is -2.35. The summed E-state index contributed by atoms with van der Waals surface area (Å²) in [7, 11) is 1.69. The molecule has 1 aliphatic heterocycles. The first-order valence-electron chi connectivity index (χ1n) is 9.15. The van der Waals surface area contributed by atoms with Crippen LogP contribution in [0.5, 0.6) is 5.75 Å². The van der Waals surface area contributed by atoms with Crippen molar-refractivity contribution in [2.45, 2.75) is 58.5 Å². The number of hydrogen-bond acceptors (Lipinski definition) is 3. The number of amides is 1. The number of carbonyl (C=O) groups excluding carboxylic acids is 1. The molecule has 0 radical (unpaired) electrons. The number of methoxy groups -OCH3 is 1. The number of carbonyl (C=O) groups is 1. The molecule has 1 amide bonds. The molecule has 1 unspecified atom stereocenters. The van der Waals surface area contributed by atoms with Gasteiger partial charge in [0, 0.05) is 31.6 Å². The summed E-state index contributed by atoms with van der Waals surface area (Å²) in [6.45, 7) is 8.77. The van der Waals surface area contributed by atoms with Crippen LogP contribution >= 0.6 is 0 Å². The van der Waals surface area contributed by atoms with Gasteiger partial charge in [-0.25, -0.2) is 0 Å². The second-order valence-electron chi connectivity index (χ2n) is 7.30. The molecule has 1 aliphatic rings. The van der Waals surface area contributed by atoms with E-state index in [1.807, 2.05) is 18.2 Å². The molecule has 0 bridgehead atoms. The van der Waals surface area contributed by atoms with Gasteiger partial charge in [0.1, 0.15) is 5.75 Å². The number of hydrogen-bond donors (Lipinski definition) is 1. The van der Waals surface area contributed by atoms with E-state index >= 15 is 0 Å². The van der Waals surface area contributed by atoms with Crippen molar-refractivity contribution < 1.29 is 9.53 Å². The van der Waals surface area contributed by atoms with Gasteiger partial charge in [-0.3, -0.25) is 4.79 Å². The van der Waals surface area contributed by atoms with Crippen LogP contribution in [0.1, 0.15) is 45.6 Å². The van der Waals surface area contributed by atoms with Gasteiger partial charge < -0.3 is 15.0 Å². The molecule has 1 aromatic rings. The second kappa shape index (κ2) is 9.07. The quantitative estimate of drug-likeness (QED) is 0.833. The Bertz CT molecular complexity index is 522. The predicted octanol–water partition coefficient (Wildman–Crippen LogP) is 3.25. The minimum absolute atomic E-state index is 0.181. The van der Waals surface area contributed by atoms with Crippen molar-refractivity contribution in [3.63, 3.8) is 0 Å². The summed E-state index contributed by atoms with van der Waals surface area (Å²) in [5.74, 6) is 1.39. The molecule has 0 aromatic heterocycles. The first kappa shape index (κ1) is 18.8. The van der Waals surface area contributed by atoms with E-state index in [0.717, 1.165) is 38.1 Å². The molecule has 134 valence electrons. The Morgan fingerprint density at radius 3 is 2.54 bits per heavy atom. The van der Waals surface area contributed by atoms with Crippen LogP contribution < -0.4 is 10.1 Å². The van der Waals surface area contributed by atoms with Gasteiger partial charge in [0.15, 0.2) is 0 Å². The molecule has 1 N–H and O–H groups in total. The summed E-state index contributed by atoms with van der Waals surface area (Å²) in [6, 6.07) is 8.99. The summed E-state index contributed by atoms with van der Waals surface area (Å²) in [4.78, 5) is 14.8. The van der Waals surface area contributed by atoms with E-state index in [4.69, 9.17) is 4.74 Å². The third-order valence-electron chi connectivity index (χ3n) is 4.92. The highest BCUT2D eigenvalue weighted by Crippen LogP contribution is 2.22. The van der Waals surface area contributed by atoms with Crippen molar-refractivity contribution in [3.05, 3.63) is 29.8 Å². The Hall–Kier alpha value is -1.55. The summed E-state index contributed by atoms with van der Waals surface area (Å²) in [6.07, 6.45) is 3.56. The van der Waals surface area contributed by atoms with Gasteiger partial charge in [0.25, 0.3) is 0 Å². The number of para-hydroxylation sites is 1. The molecule has 1 saturated heterocycles. The molecular weight excluding hydrogens is 300 g/mol. The van der Waals surface area contributed by atoms with E-state index in [2.05, 4.69) is 37.1 Å². The molecule has 1 heterocycles.